The molecule has 0 aliphatic carbocycles. The lowest BCUT2D eigenvalue weighted by Crippen LogP contribution is -2.30. The zero-order chi connectivity index (χ0) is 59.2. The second-order valence-electron chi connectivity index (χ2n) is 22.7. The van der Waals surface area contributed by atoms with E-state index in [2.05, 4.69) is 142 Å². The maximum absolute atomic E-state index is 12.9. The molecular formula is C76H128O6. The minimum Gasteiger partial charge on any atom is -0.462 e. The first kappa shape index (κ1) is 77.8. The molecule has 468 valence electrons. The van der Waals surface area contributed by atoms with Gasteiger partial charge in [0.05, 0.1) is 0 Å². The van der Waals surface area contributed by atoms with Crippen molar-refractivity contribution in [2.24, 2.45) is 0 Å². The van der Waals surface area contributed by atoms with Gasteiger partial charge in [0.25, 0.3) is 0 Å². The molecule has 0 aromatic rings. The predicted molar refractivity (Wildman–Crippen MR) is 357 cm³/mol. The summed E-state index contributed by atoms with van der Waals surface area (Å²) in [5, 5.41) is 0. The van der Waals surface area contributed by atoms with Crippen molar-refractivity contribution in [2.75, 3.05) is 13.2 Å². The molecule has 0 saturated heterocycles. The molecule has 0 bridgehead atoms. The van der Waals surface area contributed by atoms with Gasteiger partial charge in [-0.1, -0.05) is 316 Å². The molecule has 82 heavy (non-hydrogen) atoms. The van der Waals surface area contributed by atoms with Gasteiger partial charge in [0.2, 0.25) is 0 Å². The van der Waals surface area contributed by atoms with Crippen molar-refractivity contribution in [2.45, 2.75) is 329 Å². The van der Waals surface area contributed by atoms with Crippen molar-refractivity contribution in [1.82, 2.24) is 0 Å². The molecule has 0 radical (unpaired) electrons. The van der Waals surface area contributed by atoms with Crippen LogP contribution in [-0.4, -0.2) is 37.2 Å². The average Bonchev–Trinajstić information content (AvgIpc) is 3.47. The fourth-order valence-corrected chi connectivity index (χ4v) is 9.56. The molecule has 0 aromatic heterocycles. The molecule has 0 amide bonds. The Morgan fingerprint density at radius 1 is 0.256 bits per heavy atom. The predicted octanol–water partition coefficient (Wildman–Crippen LogP) is 23.9. The first-order valence-electron chi connectivity index (χ1n) is 34.5. The number of hydrogen-bond donors (Lipinski definition) is 0. The summed E-state index contributed by atoms with van der Waals surface area (Å²) in [4.78, 5) is 38.2. The Morgan fingerprint density at radius 3 is 0.805 bits per heavy atom. The number of hydrogen-bond acceptors (Lipinski definition) is 6. The molecule has 0 aliphatic heterocycles. The fraction of sp³-hybridized carbons (Fsp3) is 0.697. The highest BCUT2D eigenvalue weighted by atomic mass is 16.6. The van der Waals surface area contributed by atoms with E-state index in [0.717, 1.165) is 103 Å². The van der Waals surface area contributed by atoms with Gasteiger partial charge in [0.15, 0.2) is 6.10 Å². The van der Waals surface area contributed by atoms with Crippen LogP contribution in [0, 0.1) is 0 Å². The SMILES string of the molecule is CC/C=C\C/C=C\C/C=C\C/C=C\C/C=C\C/C=C\C/C=C\C/C=C\C/C=C\CCCC(=O)OCC(COC(=O)CCCCCCCCCC)OC(=O)CCCCCCCCCCCCCCCCC/C=C\CCCCCCCCCC. The summed E-state index contributed by atoms with van der Waals surface area (Å²) in [7, 11) is 0. The number of esters is 3. The zero-order valence-electron chi connectivity index (χ0n) is 53.7. The first-order valence-corrected chi connectivity index (χ1v) is 34.5. The highest BCUT2D eigenvalue weighted by Gasteiger charge is 2.19. The Morgan fingerprint density at radius 2 is 0.488 bits per heavy atom. The van der Waals surface area contributed by atoms with E-state index in [1.807, 2.05) is 0 Å². The van der Waals surface area contributed by atoms with E-state index < -0.39 is 6.10 Å². The lowest BCUT2D eigenvalue weighted by molar-refractivity contribution is -0.167. The summed E-state index contributed by atoms with van der Waals surface area (Å²) in [6.07, 6.45) is 96.8. The largest absolute Gasteiger partial charge is 0.462 e. The van der Waals surface area contributed by atoms with Crippen molar-refractivity contribution in [3.05, 3.63) is 122 Å². The van der Waals surface area contributed by atoms with Gasteiger partial charge in [-0.2, -0.15) is 0 Å². The zero-order valence-corrected chi connectivity index (χ0v) is 53.7. The van der Waals surface area contributed by atoms with Crippen molar-refractivity contribution in [3.63, 3.8) is 0 Å². The average molecular weight is 1140 g/mol. The molecule has 0 aliphatic rings. The Kier molecular flexibility index (Phi) is 65.8. The highest BCUT2D eigenvalue weighted by Crippen LogP contribution is 2.17. The summed E-state index contributed by atoms with van der Waals surface area (Å²) in [6.45, 7) is 6.47. The minimum absolute atomic E-state index is 0.0953. The summed E-state index contributed by atoms with van der Waals surface area (Å²) in [5.41, 5.74) is 0. The monoisotopic (exact) mass is 1140 g/mol. The standard InChI is InChI=1S/C76H128O6/c1-4-7-10-13-16-19-21-23-25-27-29-31-33-35-37-38-40-41-43-45-47-49-51-53-55-57-60-63-66-69-75(78)81-72-73(71-80-74(77)68-65-62-59-18-15-12-9-6-3)82-76(79)70-67-64-61-58-56-54-52-50-48-46-44-42-39-36-34-32-30-28-26-24-22-20-17-14-11-8-5-2/h7,10,16,19,23,25,28-31,35,37,40-41,45,47,51,53,57,60,73H,4-6,8-9,11-15,17-18,20-22,24,26-27,32-34,36,38-39,42-44,46,48-50,52,54-56,58-59,61-72H2,1-3H3/b10-7-,19-16-,25-23-,30-28-,31-29-,37-35-,41-40-,47-45-,53-51-,60-57-. The van der Waals surface area contributed by atoms with Gasteiger partial charge in [-0.25, -0.2) is 0 Å². The third-order valence-electron chi connectivity index (χ3n) is 14.7. The molecular weight excluding hydrogens is 1010 g/mol. The summed E-state index contributed by atoms with van der Waals surface area (Å²) in [6, 6.07) is 0. The molecule has 0 heterocycles. The highest BCUT2D eigenvalue weighted by molar-refractivity contribution is 5.71. The van der Waals surface area contributed by atoms with E-state index in [-0.39, 0.29) is 37.5 Å². The molecule has 1 unspecified atom stereocenters. The van der Waals surface area contributed by atoms with Gasteiger partial charge in [-0.3, -0.25) is 14.4 Å². The molecule has 6 nitrogen and oxygen atoms in total. The summed E-state index contributed by atoms with van der Waals surface area (Å²) >= 11 is 0. The molecule has 0 aromatic carbocycles. The van der Waals surface area contributed by atoms with E-state index in [1.54, 1.807) is 0 Å². The third kappa shape index (κ3) is 66.6. The number of ether oxygens (including phenoxy) is 3. The Hall–Kier alpha value is -4.19. The smallest absolute Gasteiger partial charge is 0.306 e. The summed E-state index contributed by atoms with van der Waals surface area (Å²) < 4.78 is 16.8. The van der Waals surface area contributed by atoms with Crippen molar-refractivity contribution in [1.29, 1.82) is 0 Å². The number of unbranched alkanes of at least 4 members (excludes halogenated alkanes) is 31. The van der Waals surface area contributed by atoms with Gasteiger partial charge in [0.1, 0.15) is 13.2 Å². The maximum atomic E-state index is 12.9. The normalized spacial score (nSPS) is 12.9. The van der Waals surface area contributed by atoms with Crippen LogP contribution >= 0.6 is 0 Å². The number of carbonyl (C=O) groups is 3. The van der Waals surface area contributed by atoms with Crippen LogP contribution in [0.5, 0.6) is 0 Å². The second-order valence-corrected chi connectivity index (χ2v) is 22.7. The van der Waals surface area contributed by atoms with Crippen LogP contribution < -0.4 is 0 Å². The van der Waals surface area contributed by atoms with E-state index in [1.165, 1.54) is 173 Å². The van der Waals surface area contributed by atoms with Gasteiger partial charge < -0.3 is 14.2 Å². The van der Waals surface area contributed by atoms with Crippen LogP contribution in [0.1, 0.15) is 323 Å². The van der Waals surface area contributed by atoms with E-state index in [4.69, 9.17) is 14.2 Å². The van der Waals surface area contributed by atoms with Gasteiger partial charge >= 0.3 is 17.9 Å². The summed E-state index contributed by atoms with van der Waals surface area (Å²) in [5.74, 6) is -0.954. The third-order valence-corrected chi connectivity index (χ3v) is 14.7. The van der Waals surface area contributed by atoms with E-state index >= 15 is 0 Å². The van der Waals surface area contributed by atoms with Crippen molar-refractivity contribution in [3.8, 4) is 0 Å². The number of carbonyl (C=O) groups excluding carboxylic acids is 3. The Balaban J connectivity index is 4.25. The lowest BCUT2D eigenvalue weighted by Gasteiger charge is -2.18. The quantitative estimate of drug-likeness (QED) is 0.0261. The molecule has 0 fully saturated rings. The number of allylic oxidation sites excluding steroid dienone is 20. The van der Waals surface area contributed by atoms with Crippen LogP contribution in [0.15, 0.2) is 122 Å². The molecule has 0 saturated carbocycles. The minimum atomic E-state index is -0.802. The van der Waals surface area contributed by atoms with Crippen LogP contribution in [0.25, 0.3) is 0 Å². The molecule has 0 N–H and O–H groups in total. The fourth-order valence-electron chi connectivity index (χ4n) is 9.56. The molecule has 0 rings (SSSR count). The van der Waals surface area contributed by atoms with Crippen LogP contribution in [0.4, 0.5) is 0 Å². The van der Waals surface area contributed by atoms with Crippen molar-refractivity contribution >= 4 is 17.9 Å². The van der Waals surface area contributed by atoms with Gasteiger partial charge in [-0.15, -0.1) is 0 Å². The topological polar surface area (TPSA) is 78.9 Å². The van der Waals surface area contributed by atoms with Crippen LogP contribution in [0.2, 0.25) is 0 Å². The maximum Gasteiger partial charge on any atom is 0.306 e. The molecule has 1 atom stereocenters. The van der Waals surface area contributed by atoms with Crippen molar-refractivity contribution < 1.29 is 28.6 Å². The second kappa shape index (κ2) is 69.3. The molecule has 6 heteroatoms. The van der Waals surface area contributed by atoms with Crippen LogP contribution in [0.3, 0.4) is 0 Å². The molecule has 0 spiro atoms. The lowest BCUT2D eigenvalue weighted by atomic mass is 10.0. The Bertz CT molecular complexity index is 1690. The van der Waals surface area contributed by atoms with E-state index in [0.29, 0.717) is 19.3 Å². The Labute approximate surface area is 507 Å². The van der Waals surface area contributed by atoms with Crippen LogP contribution in [-0.2, 0) is 28.6 Å². The first-order chi connectivity index (χ1) is 40.5. The van der Waals surface area contributed by atoms with Gasteiger partial charge in [-0.05, 0) is 109 Å². The van der Waals surface area contributed by atoms with Gasteiger partial charge in [0, 0.05) is 19.3 Å². The van der Waals surface area contributed by atoms with E-state index in [9.17, 15) is 14.4 Å². The number of rotatable bonds is 62.